The average Bonchev–Trinajstić information content (AvgIpc) is 2.91. The summed E-state index contributed by atoms with van der Waals surface area (Å²) in [5.74, 6) is 3.20. The van der Waals surface area contributed by atoms with Gasteiger partial charge in [0.15, 0.2) is 17.3 Å². The number of thioether (sulfide) groups is 2. The van der Waals surface area contributed by atoms with Gasteiger partial charge in [-0.3, -0.25) is 9.78 Å². The number of carbonyl (C=O) groups excluding carboxylic acids is 1. The van der Waals surface area contributed by atoms with Gasteiger partial charge in [-0.25, -0.2) is 0 Å². The van der Waals surface area contributed by atoms with Crippen LogP contribution in [0.4, 0.5) is 0 Å². The molecule has 5 nitrogen and oxygen atoms in total. The molecule has 4 rings (SSSR count). The van der Waals surface area contributed by atoms with Gasteiger partial charge in [0.05, 0.1) is 41.3 Å². The molecule has 154 valence electrons. The van der Waals surface area contributed by atoms with Crippen LogP contribution in [0.2, 0.25) is 10.0 Å². The standard InChI is InChI=1S/C20H19Cl2NO4S2/c1-25-17-3-2-12(16(24)4-13-14(21)5-23-6-15(13)22)18-19(17)27-8-20(7-26-18)9-28-11-29-10-20/h2-3,5-6H,4,7-11H2,1H3. The second-order valence-corrected chi connectivity index (χ2v) is 10.2. The molecule has 9 heteroatoms. The second-order valence-electron chi connectivity index (χ2n) is 7.05. The fraction of sp³-hybridized carbons (Fsp3) is 0.400. The van der Waals surface area contributed by atoms with Crippen LogP contribution in [0, 0.1) is 5.41 Å². The van der Waals surface area contributed by atoms with Gasteiger partial charge in [-0.05, 0) is 12.1 Å². The summed E-state index contributed by atoms with van der Waals surface area (Å²) in [6, 6.07) is 3.43. The Morgan fingerprint density at radius 1 is 1.14 bits per heavy atom. The minimum absolute atomic E-state index is 0.0408. The predicted octanol–water partition coefficient (Wildman–Crippen LogP) is 5.02. The number of hydrogen-bond acceptors (Lipinski definition) is 7. The van der Waals surface area contributed by atoms with Crippen molar-refractivity contribution in [1.29, 1.82) is 0 Å². The average molecular weight is 472 g/mol. The third-order valence-corrected chi connectivity index (χ3v) is 8.53. The number of hydrogen-bond donors (Lipinski definition) is 0. The van der Waals surface area contributed by atoms with Crippen LogP contribution >= 0.6 is 46.7 Å². The minimum Gasteiger partial charge on any atom is -0.493 e. The van der Waals surface area contributed by atoms with Crippen molar-refractivity contribution in [3.8, 4) is 17.2 Å². The predicted molar refractivity (Wildman–Crippen MR) is 118 cm³/mol. The molecule has 0 unspecified atom stereocenters. The van der Waals surface area contributed by atoms with Crippen molar-refractivity contribution in [2.75, 3.05) is 36.9 Å². The maximum Gasteiger partial charge on any atom is 0.204 e. The van der Waals surface area contributed by atoms with Crippen molar-refractivity contribution in [2.45, 2.75) is 6.42 Å². The van der Waals surface area contributed by atoms with Crippen LogP contribution in [0.15, 0.2) is 24.5 Å². The quantitative estimate of drug-likeness (QED) is 0.580. The Bertz CT molecular complexity index is 915. The van der Waals surface area contributed by atoms with Crippen molar-refractivity contribution in [2.24, 2.45) is 5.41 Å². The van der Waals surface area contributed by atoms with E-state index in [1.54, 1.807) is 19.2 Å². The van der Waals surface area contributed by atoms with Gasteiger partial charge in [0.25, 0.3) is 0 Å². The van der Waals surface area contributed by atoms with Gasteiger partial charge in [0.2, 0.25) is 5.75 Å². The van der Waals surface area contributed by atoms with E-state index >= 15 is 0 Å². The summed E-state index contributed by atoms with van der Waals surface area (Å²) in [5, 5.41) is 1.80. The van der Waals surface area contributed by atoms with Gasteiger partial charge in [0, 0.05) is 41.0 Å². The van der Waals surface area contributed by atoms with E-state index in [1.165, 1.54) is 12.4 Å². The fourth-order valence-corrected chi connectivity index (χ4v) is 6.51. The normalized spacial score (nSPS) is 17.6. The summed E-state index contributed by atoms with van der Waals surface area (Å²) >= 11 is 16.2. The minimum atomic E-state index is -0.161. The molecule has 3 heterocycles. The van der Waals surface area contributed by atoms with Gasteiger partial charge in [-0.15, -0.1) is 0 Å². The molecule has 2 aliphatic rings. The summed E-state index contributed by atoms with van der Waals surface area (Å²) in [7, 11) is 1.57. The smallest absolute Gasteiger partial charge is 0.204 e. The highest BCUT2D eigenvalue weighted by Gasteiger charge is 2.39. The maximum atomic E-state index is 13.1. The zero-order valence-corrected chi connectivity index (χ0v) is 18.8. The number of halogens is 2. The third kappa shape index (κ3) is 4.29. The second kappa shape index (κ2) is 8.84. The number of ether oxygens (including phenoxy) is 3. The summed E-state index contributed by atoms with van der Waals surface area (Å²) in [5.41, 5.74) is 0.886. The van der Waals surface area contributed by atoms with E-state index in [2.05, 4.69) is 4.98 Å². The molecule has 0 N–H and O–H groups in total. The molecule has 0 amide bonds. The molecule has 2 aliphatic heterocycles. The molecule has 1 aromatic heterocycles. The van der Waals surface area contributed by atoms with Crippen LogP contribution in [0.3, 0.4) is 0 Å². The first-order chi connectivity index (χ1) is 14.0. The zero-order chi connectivity index (χ0) is 20.4. The molecule has 1 saturated heterocycles. The van der Waals surface area contributed by atoms with Crippen molar-refractivity contribution in [3.05, 3.63) is 45.7 Å². The van der Waals surface area contributed by atoms with Gasteiger partial charge in [-0.1, -0.05) is 23.2 Å². The first kappa shape index (κ1) is 21.0. The number of Topliss-reactive ketones (excluding diaryl/α,β-unsaturated/α-hetero) is 1. The molecule has 2 aromatic rings. The van der Waals surface area contributed by atoms with Crippen LogP contribution in [0.25, 0.3) is 0 Å². The molecule has 1 fully saturated rings. The third-order valence-electron chi connectivity index (χ3n) is 4.91. The topological polar surface area (TPSA) is 57.7 Å². The Morgan fingerprint density at radius 2 is 1.79 bits per heavy atom. The number of aromatic nitrogens is 1. The first-order valence-corrected chi connectivity index (χ1v) is 12.0. The van der Waals surface area contributed by atoms with Gasteiger partial charge in [-0.2, -0.15) is 23.5 Å². The number of pyridine rings is 1. The Balaban J connectivity index is 1.67. The van der Waals surface area contributed by atoms with Gasteiger partial charge < -0.3 is 14.2 Å². The van der Waals surface area contributed by atoms with E-state index < -0.39 is 0 Å². The Hall–Kier alpha value is -1.28. The Kier molecular flexibility index (Phi) is 6.39. The SMILES string of the molecule is COc1ccc(C(=O)Cc2c(Cl)cncc2Cl)c2c1OCC1(CO2)CSCSC1. The maximum absolute atomic E-state index is 13.1. The van der Waals surface area contributed by atoms with E-state index in [0.29, 0.717) is 51.6 Å². The summed E-state index contributed by atoms with van der Waals surface area (Å²) < 4.78 is 17.8. The van der Waals surface area contributed by atoms with Crippen LogP contribution < -0.4 is 14.2 Å². The van der Waals surface area contributed by atoms with Crippen LogP contribution in [0.5, 0.6) is 17.2 Å². The molecule has 1 spiro atoms. The van der Waals surface area contributed by atoms with Crippen molar-refractivity contribution >= 4 is 52.5 Å². The highest BCUT2D eigenvalue weighted by molar-refractivity contribution is 8.16. The zero-order valence-electron chi connectivity index (χ0n) is 15.7. The number of nitrogens with zero attached hydrogens (tertiary/aromatic N) is 1. The van der Waals surface area contributed by atoms with Crippen molar-refractivity contribution in [1.82, 2.24) is 4.98 Å². The highest BCUT2D eigenvalue weighted by atomic mass is 35.5. The lowest BCUT2D eigenvalue weighted by atomic mass is 9.95. The lowest BCUT2D eigenvalue weighted by molar-refractivity contribution is 0.0986. The number of carbonyl (C=O) groups is 1. The molecule has 0 radical (unpaired) electrons. The van der Waals surface area contributed by atoms with E-state index in [-0.39, 0.29) is 17.6 Å². The molecule has 0 saturated carbocycles. The Labute approximate surface area is 187 Å². The van der Waals surface area contributed by atoms with E-state index in [9.17, 15) is 4.79 Å². The van der Waals surface area contributed by atoms with E-state index in [0.717, 1.165) is 16.6 Å². The lowest BCUT2D eigenvalue weighted by Gasteiger charge is -2.33. The Morgan fingerprint density at radius 3 is 2.45 bits per heavy atom. The molecular weight excluding hydrogens is 453 g/mol. The van der Waals surface area contributed by atoms with E-state index in [1.807, 2.05) is 23.5 Å². The van der Waals surface area contributed by atoms with Gasteiger partial charge >= 0.3 is 0 Å². The van der Waals surface area contributed by atoms with Crippen LogP contribution in [0.1, 0.15) is 15.9 Å². The number of fused-ring (bicyclic) bond motifs is 1. The first-order valence-electron chi connectivity index (χ1n) is 8.96. The summed E-state index contributed by atoms with van der Waals surface area (Å²) in [6.45, 7) is 1.01. The fourth-order valence-electron chi connectivity index (χ4n) is 3.34. The summed E-state index contributed by atoms with van der Waals surface area (Å²) in [4.78, 5) is 17.1. The van der Waals surface area contributed by atoms with Gasteiger partial charge in [0.1, 0.15) is 0 Å². The molecular formula is C20H19Cl2NO4S2. The number of benzene rings is 1. The summed E-state index contributed by atoms with van der Waals surface area (Å²) in [6.07, 6.45) is 3.00. The monoisotopic (exact) mass is 471 g/mol. The molecule has 1 aromatic carbocycles. The van der Waals surface area contributed by atoms with Crippen molar-refractivity contribution in [3.63, 3.8) is 0 Å². The van der Waals surface area contributed by atoms with Crippen LogP contribution in [-0.4, -0.2) is 47.7 Å². The molecule has 0 bridgehead atoms. The molecule has 0 atom stereocenters. The largest absolute Gasteiger partial charge is 0.493 e. The number of methoxy groups -OCH3 is 1. The lowest BCUT2D eigenvalue weighted by Crippen LogP contribution is -2.40. The molecule has 29 heavy (non-hydrogen) atoms. The van der Waals surface area contributed by atoms with Crippen molar-refractivity contribution < 1.29 is 19.0 Å². The number of rotatable bonds is 4. The van der Waals surface area contributed by atoms with Crippen LogP contribution in [-0.2, 0) is 6.42 Å². The highest BCUT2D eigenvalue weighted by Crippen LogP contribution is 2.46. The molecule has 0 aliphatic carbocycles. The van der Waals surface area contributed by atoms with E-state index in [4.69, 9.17) is 37.4 Å². The number of ketones is 1.